The van der Waals surface area contributed by atoms with E-state index in [1.807, 2.05) is 66.0 Å². The van der Waals surface area contributed by atoms with Gasteiger partial charge >= 0.3 is 12.1 Å². The van der Waals surface area contributed by atoms with Crippen molar-refractivity contribution in [2.75, 3.05) is 40.0 Å². The number of hydrogen-bond donors (Lipinski definition) is 5. The monoisotopic (exact) mass is 779 g/mol. The maximum Gasteiger partial charge on any atom is 0.407 e. The Morgan fingerprint density at radius 2 is 1.56 bits per heavy atom. The van der Waals surface area contributed by atoms with Crippen LogP contribution < -0.4 is 21.7 Å². The van der Waals surface area contributed by atoms with Crippen molar-refractivity contribution in [2.24, 2.45) is 5.73 Å². The van der Waals surface area contributed by atoms with Crippen molar-refractivity contribution in [1.82, 2.24) is 30.7 Å². The Morgan fingerprint density at radius 1 is 0.963 bits per heavy atom. The standard InChI is InChI=1S/C39H53N7O6S2/c1-27(2)37-42-32(26-54-37)24-45(3)38(49)44-34(22-35(47)46-16-18-51-19-17-46)36(48)41-30(20-28-10-6-4-7-11-28)14-15-31(21-29-12-8-5-9-13-29)43-39(50)52-25-33(53)23-40/h4-13,23,26-27,30-31,34,53H,14-22,24-25,40H2,1-3H3,(H,41,48)(H,43,50)(H,44,49)/b33-23-/t30-,31-,34+/m1/s1. The first-order valence-corrected chi connectivity index (χ1v) is 19.6. The van der Waals surface area contributed by atoms with Gasteiger partial charge in [0, 0.05) is 54.6 Å². The van der Waals surface area contributed by atoms with Gasteiger partial charge < -0.3 is 41.0 Å². The second kappa shape index (κ2) is 21.9. The summed E-state index contributed by atoms with van der Waals surface area (Å²) in [6, 6.07) is 17.1. The molecule has 1 aliphatic rings. The van der Waals surface area contributed by atoms with Gasteiger partial charge in [-0.1, -0.05) is 74.5 Å². The number of carbonyl (C=O) groups excluding carboxylic acids is 4. The molecule has 0 bridgehead atoms. The first-order valence-electron chi connectivity index (χ1n) is 18.2. The third-order valence-corrected chi connectivity index (χ3v) is 10.4. The Kier molecular flexibility index (Phi) is 17.1. The van der Waals surface area contributed by atoms with Crippen LogP contribution in [0.5, 0.6) is 0 Å². The Balaban J connectivity index is 1.51. The van der Waals surface area contributed by atoms with E-state index in [0.717, 1.165) is 21.8 Å². The molecule has 0 aliphatic carbocycles. The van der Waals surface area contributed by atoms with E-state index in [9.17, 15) is 19.2 Å². The molecular formula is C39H53N7O6S2. The number of rotatable bonds is 18. The lowest BCUT2D eigenvalue weighted by molar-refractivity contribution is -0.138. The van der Waals surface area contributed by atoms with Gasteiger partial charge in [-0.2, -0.15) is 0 Å². The SMILES string of the molecule is CC(C)c1nc(CN(C)C(=O)N[C@@H](CC(=O)N2CCOCC2)C(=O)N[C@H](CC[C@H](Cc2ccccc2)NC(=O)OC/C(S)=C/N)Cc2ccccc2)cs1. The van der Waals surface area contributed by atoms with E-state index in [-0.39, 0.29) is 37.4 Å². The van der Waals surface area contributed by atoms with Crippen LogP contribution in [0.1, 0.15) is 60.9 Å². The normalized spacial score (nSPS) is 14.8. The Labute approximate surface area is 327 Å². The third kappa shape index (κ3) is 14.3. The molecule has 4 rings (SSSR count). The number of urea groups is 1. The summed E-state index contributed by atoms with van der Waals surface area (Å²) in [5.74, 6) is -0.456. The summed E-state index contributed by atoms with van der Waals surface area (Å²) in [6.07, 6.45) is 2.41. The van der Waals surface area contributed by atoms with Gasteiger partial charge in [-0.3, -0.25) is 9.59 Å². The molecule has 1 aromatic heterocycles. The van der Waals surface area contributed by atoms with Gasteiger partial charge in [0.15, 0.2) is 0 Å². The van der Waals surface area contributed by atoms with Gasteiger partial charge in [0.2, 0.25) is 11.8 Å². The average molecular weight is 780 g/mol. The van der Waals surface area contributed by atoms with Crippen molar-refractivity contribution in [2.45, 2.75) is 76.5 Å². The van der Waals surface area contributed by atoms with Gasteiger partial charge in [-0.25, -0.2) is 14.6 Å². The Hall–Kier alpha value is -4.60. The lowest BCUT2D eigenvalue weighted by Crippen LogP contribution is -2.55. The summed E-state index contributed by atoms with van der Waals surface area (Å²) >= 11 is 5.72. The largest absolute Gasteiger partial charge is 0.444 e. The molecule has 0 unspecified atom stereocenters. The Morgan fingerprint density at radius 3 is 2.11 bits per heavy atom. The second-order valence-electron chi connectivity index (χ2n) is 13.6. The molecule has 292 valence electrons. The van der Waals surface area contributed by atoms with Crippen LogP contribution >= 0.6 is 24.0 Å². The second-order valence-corrected chi connectivity index (χ2v) is 15.1. The van der Waals surface area contributed by atoms with Crippen LogP contribution in [0.3, 0.4) is 0 Å². The van der Waals surface area contributed by atoms with Crippen LogP contribution in [0.25, 0.3) is 0 Å². The number of hydrogen-bond acceptors (Lipinski definition) is 10. The number of ether oxygens (including phenoxy) is 2. The third-order valence-electron chi connectivity index (χ3n) is 8.89. The molecule has 0 spiro atoms. The molecule has 1 aliphatic heterocycles. The van der Waals surface area contributed by atoms with Gasteiger partial charge in [-0.05, 0) is 36.8 Å². The van der Waals surface area contributed by atoms with Crippen molar-refractivity contribution in [1.29, 1.82) is 0 Å². The molecule has 13 nitrogen and oxygen atoms in total. The quantitative estimate of drug-likeness (QED) is 0.117. The molecule has 3 atom stereocenters. The maximum absolute atomic E-state index is 14.2. The molecule has 0 radical (unpaired) electrons. The van der Waals surface area contributed by atoms with Crippen molar-refractivity contribution in [3.05, 3.63) is 99.0 Å². The molecule has 1 saturated heterocycles. The first kappa shape index (κ1) is 42.1. The van der Waals surface area contributed by atoms with E-state index >= 15 is 0 Å². The van der Waals surface area contributed by atoms with E-state index in [1.165, 1.54) is 11.1 Å². The van der Waals surface area contributed by atoms with E-state index in [1.54, 1.807) is 23.3 Å². The van der Waals surface area contributed by atoms with Crippen molar-refractivity contribution >= 4 is 47.9 Å². The van der Waals surface area contributed by atoms with Crippen LogP contribution in [0.2, 0.25) is 0 Å². The molecule has 5 amide bonds. The fraction of sp³-hybridized carbons (Fsp3) is 0.462. The Bertz CT molecular complexity index is 1670. The number of nitrogens with two attached hydrogens (primary N) is 1. The average Bonchev–Trinajstić information content (AvgIpc) is 3.65. The number of thiazole rings is 1. The van der Waals surface area contributed by atoms with Crippen LogP contribution in [-0.4, -0.2) is 96.8 Å². The van der Waals surface area contributed by atoms with Crippen LogP contribution in [0.4, 0.5) is 9.59 Å². The van der Waals surface area contributed by atoms with Crippen molar-refractivity contribution < 1.29 is 28.7 Å². The summed E-state index contributed by atoms with van der Waals surface area (Å²) in [6.45, 7) is 5.95. The molecule has 5 N–H and O–H groups in total. The number of aromatic nitrogens is 1. The summed E-state index contributed by atoms with van der Waals surface area (Å²) in [7, 11) is 1.63. The number of carbonyl (C=O) groups is 4. The number of alkyl carbamates (subject to hydrolysis) is 1. The van der Waals surface area contributed by atoms with Gasteiger partial charge in [0.05, 0.1) is 36.9 Å². The highest BCUT2D eigenvalue weighted by Crippen LogP contribution is 2.20. The van der Waals surface area contributed by atoms with E-state index in [4.69, 9.17) is 15.2 Å². The smallest absolute Gasteiger partial charge is 0.407 e. The highest BCUT2D eigenvalue weighted by Gasteiger charge is 2.30. The van der Waals surface area contributed by atoms with E-state index in [0.29, 0.717) is 56.9 Å². The summed E-state index contributed by atoms with van der Waals surface area (Å²) < 4.78 is 10.7. The lowest BCUT2D eigenvalue weighted by Gasteiger charge is -2.30. The fourth-order valence-corrected chi connectivity index (χ4v) is 6.80. The number of nitrogens with one attached hydrogen (secondary N) is 3. The zero-order valence-electron chi connectivity index (χ0n) is 31.2. The highest BCUT2D eigenvalue weighted by atomic mass is 32.1. The van der Waals surface area contributed by atoms with Crippen LogP contribution in [0.15, 0.2) is 77.1 Å². The van der Waals surface area contributed by atoms with E-state index < -0.39 is 30.1 Å². The lowest BCUT2D eigenvalue weighted by atomic mass is 9.95. The van der Waals surface area contributed by atoms with Crippen LogP contribution in [0, 0.1) is 0 Å². The first-order chi connectivity index (χ1) is 26.0. The molecule has 0 saturated carbocycles. The van der Waals surface area contributed by atoms with E-state index in [2.05, 4.69) is 47.4 Å². The van der Waals surface area contributed by atoms with Crippen molar-refractivity contribution in [3.8, 4) is 0 Å². The number of morpholine rings is 1. The minimum atomic E-state index is -1.14. The number of nitrogens with zero attached hydrogens (tertiary/aromatic N) is 3. The molecule has 3 aromatic rings. The summed E-state index contributed by atoms with van der Waals surface area (Å²) in [4.78, 5) is 62.2. The molecular weight excluding hydrogens is 727 g/mol. The van der Waals surface area contributed by atoms with Gasteiger partial charge in [0.25, 0.3) is 0 Å². The predicted molar refractivity (Wildman–Crippen MR) is 213 cm³/mol. The zero-order chi connectivity index (χ0) is 38.9. The van der Waals surface area contributed by atoms with Crippen LogP contribution in [-0.2, 0) is 38.4 Å². The van der Waals surface area contributed by atoms with Gasteiger partial charge in [0.1, 0.15) is 12.6 Å². The topological polar surface area (TPSA) is 168 Å². The molecule has 2 aromatic carbocycles. The van der Waals surface area contributed by atoms with Crippen molar-refractivity contribution in [3.63, 3.8) is 0 Å². The fourth-order valence-electron chi connectivity index (χ4n) is 5.91. The zero-order valence-corrected chi connectivity index (χ0v) is 33.0. The summed E-state index contributed by atoms with van der Waals surface area (Å²) in [5, 5.41) is 11.9. The molecule has 2 heterocycles. The molecule has 54 heavy (non-hydrogen) atoms. The molecule has 15 heteroatoms. The summed E-state index contributed by atoms with van der Waals surface area (Å²) in [5.41, 5.74) is 8.25. The van der Waals surface area contributed by atoms with Gasteiger partial charge in [-0.15, -0.1) is 24.0 Å². The maximum atomic E-state index is 14.2. The minimum Gasteiger partial charge on any atom is -0.444 e. The number of thiol groups is 1. The number of amides is 5. The number of benzene rings is 2. The molecule has 1 fully saturated rings. The highest BCUT2D eigenvalue weighted by molar-refractivity contribution is 7.84. The minimum absolute atomic E-state index is 0.0651. The predicted octanol–water partition coefficient (Wildman–Crippen LogP) is 4.60.